The molecule has 0 bridgehead atoms. The van der Waals surface area contributed by atoms with Crippen LogP contribution in [-0.4, -0.2) is 24.5 Å². The summed E-state index contributed by atoms with van der Waals surface area (Å²) in [7, 11) is 0. The fourth-order valence-electron chi connectivity index (χ4n) is 0.819. The van der Waals surface area contributed by atoms with E-state index in [2.05, 4.69) is 11.8 Å². The first kappa shape index (κ1) is 10.3. The second-order valence-electron chi connectivity index (χ2n) is 4.39. The summed E-state index contributed by atoms with van der Waals surface area (Å²) in [5, 5.41) is 0. The SMILES string of the molecule is CC(C)(C)C#CC=C(F)CN1CC1. The summed E-state index contributed by atoms with van der Waals surface area (Å²) in [6.45, 7) is 8.50. The Kier molecular flexibility index (Phi) is 3.11. The van der Waals surface area contributed by atoms with Gasteiger partial charge in [-0.3, -0.25) is 4.90 Å². The average Bonchev–Trinajstić information content (AvgIpc) is 2.68. The highest BCUT2D eigenvalue weighted by Gasteiger charge is 2.17. The van der Waals surface area contributed by atoms with E-state index in [1.165, 1.54) is 6.08 Å². The lowest BCUT2D eigenvalue weighted by Gasteiger charge is -2.06. The van der Waals surface area contributed by atoms with Crippen LogP contribution in [-0.2, 0) is 0 Å². The van der Waals surface area contributed by atoms with Gasteiger partial charge in [-0.15, -0.1) is 0 Å². The molecule has 0 saturated carbocycles. The molecule has 0 unspecified atom stereocenters. The van der Waals surface area contributed by atoms with Crippen molar-refractivity contribution >= 4 is 0 Å². The zero-order valence-electron chi connectivity index (χ0n) is 8.52. The highest BCUT2D eigenvalue weighted by atomic mass is 19.1. The summed E-state index contributed by atoms with van der Waals surface area (Å²) in [5.41, 5.74) is -0.0450. The molecule has 1 saturated heterocycles. The van der Waals surface area contributed by atoms with E-state index in [0.717, 1.165) is 13.1 Å². The van der Waals surface area contributed by atoms with Crippen LogP contribution >= 0.6 is 0 Å². The molecule has 0 radical (unpaired) electrons. The molecular formula is C11H16FN. The first-order chi connectivity index (χ1) is 5.97. The highest BCUT2D eigenvalue weighted by Crippen LogP contribution is 2.11. The topological polar surface area (TPSA) is 3.01 Å². The van der Waals surface area contributed by atoms with Crippen LogP contribution in [0.2, 0.25) is 0 Å². The van der Waals surface area contributed by atoms with Gasteiger partial charge in [0.05, 0.1) is 6.54 Å². The van der Waals surface area contributed by atoms with Crippen molar-refractivity contribution in [3.05, 3.63) is 11.9 Å². The first-order valence-corrected chi connectivity index (χ1v) is 4.57. The lowest BCUT2D eigenvalue weighted by molar-refractivity contribution is 0.505. The molecule has 0 aromatic rings. The van der Waals surface area contributed by atoms with Crippen LogP contribution in [0.3, 0.4) is 0 Å². The normalized spacial score (nSPS) is 18.0. The molecule has 13 heavy (non-hydrogen) atoms. The molecule has 1 aliphatic heterocycles. The molecule has 0 amide bonds. The molecule has 1 rings (SSSR count). The van der Waals surface area contributed by atoms with Gasteiger partial charge in [-0.1, -0.05) is 11.8 Å². The fourth-order valence-corrected chi connectivity index (χ4v) is 0.819. The van der Waals surface area contributed by atoms with Gasteiger partial charge >= 0.3 is 0 Å². The largest absolute Gasteiger partial charge is 0.294 e. The maximum Gasteiger partial charge on any atom is 0.122 e. The van der Waals surface area contributed by atoms with Crippen molar-refractivity contribution in [2.75, 3.05) is 19.6 Å². The predicted molar refractivity (Wildman–Crippen MR) is 52.9 cm³/mol. The van der Waals surface area contributed by atoms with Gasteiger partial charge in [0.25, 0.3) is 0 Å². The van der Waals surface area contributed by atoms with E-state index in [-0.39, 0.29) is 11.2 Å². The minimum absolute atomic E-state index is 0.0450. The van der Waals surface area contributed by atoms with Gasteiger partial charge in [-0.05, 0) is 20.8 Å². The average molecular weight is 181 g/mol. The molecule has 1 heterocycles. The Labute approximate surface area is 79.6 Å². The van der Waals surface area contributed by atoms with Crippen molar-refractivity contribution in [2.24, 2.45) is 5.41 Å². The molecule has 2 heteroatoms. The quantitative estimate of drug-likeness (QED) is 0.466. The summed E-state index contributed by atoms with van der Waals surface area (Å²) in [5.74, 6) is 5.58. The van der Waals surface area contributed by atoms with Crippen LogP contribution in [0.1, 0.15) is 20.8 Å². The van der Waals surface area contributed by atoms with Gasteiger partial charge in [0.15, 0.2) is 0 Å². The van der Waals surface area contributed by atoms with Gasteiger partial charge in [0.1, 0.15) is 5.83 Å². The third kappa shape index (κ3) is 5.43. The molecule has 1 nitrogen and oxygen atoms in total. The van der Waals surface area contributed by atoms with E-state index >= 15 is 0 Å². The Balaban J connectivity index is 2.38. The third-order valence-electron chi connectivity index (χ3n) is 1.59. The first-order valence-electron chi connectivity index (χ1n) is 4.57. The van der Waals surface area contributed by atoms with Crippen LogP contribution in [0, 0.1) is 17.3 Å². The molecular weight excluding hydrogens is 165 g/mol. The minimum Gasteiger partial charge on any atom is -0.294 e. The maximum absolute atomic E-state index is 13.0. The fraction of sp³-hybridized carbons (Fsp3) is 0.636. The lowest BCUT2D eigenvalue weighted by atomic mass is 9.98. The smallest absolute Gasteiger partial charge is 0.122 e. The Morgan fingerprint density at radius 3 is 2.54 bits per heavy atom. The number of nitrogens with zero attached hydrogens (tertiary/aromatic N) is 1. The summed E-state index contributed by atoms with van der Waals surface area (Å²) in [4.78, 5) is 2.02. The summed E-state index contributed by atoms with van der Waals surface area (Å²) in [6, 6.07) is 0. The molecule has 0 aliphatic carbocycles. The minimum atomic E-state index is -0.130. The van der Waals surface area contributed by atoms with Crippen LogP contribution in [0.5, 0.6) is 0 Å². The summed E-state index contributed by atoms with van der Waals surface area (Å²) < 4.78 is 13.0. The standard InChI is InChI=1S/C11H16FN/c1-11(2,3)6-4-5-10(12)9-13-7-8-13/h5H,7-9H2,1-3H3. The van der Waals surface area contributed by atoms with E-state index in [1.54, 1.807) is 0 Å². The molecule has 1 aliphatic rings. The molecule has 72 valence electrons. The summed E-state index contributed by atoms with van der Waals surface area (Å²) in [6.07, 6.45) is 1.38. The van der Waals surface area contributed by atoms with Crippen molar-refractivity contribution in [3.8, 4) is 11.8 Å². The zero-order chi connectivity index (χ0) is 9.90. The number of hydrogen-bond acceptors (Lipinski definition) is 1. The monoisotopic (exact) mass is 181 g/mol. The Morgan fingerprint density at radius 2 is 2.08 bits per heavy atom. The van der Waals surface area contributed by atoms with Gasteiger partial charge in [-0.25, -0.2) is 4.39 Å². The van der Waals surface area contributed by atoms with Gasteiger partial charge < -0.3 is 0 Å². The van der Waals surface area contributed by atoms with E-state index < -0.39 is 0 Å². The second kappa shape index (κ2) is 3.93. The number of rotatable bonds is 2. The van der Waals surface area contributed by atoms with Crippen molar-refractivity contribution in [1.29, 1.82) is 0 Å². The van der Waals surface area contributed by atoms with Gasteiger partial charge in [-0.2, -0.15) is 0 Å². The highest BCUT2D eigenvalue weighted by molar-refractivity contribution is 5.21. The number of halogens is 1. The van der Waals surface area contributed by atoms with Crippen LogP contribution in [0.4, 0.5) is 4.39 Å². The van der Waals surface area contributed by atoms with Crippen molar-refractivity contribution in [1.82, 2.24) is 4.90 Å². The molecule has 0 spiro atoms. The molecule has 1 fully saturated rings. The predicted octanol–water partition coefficient (Wildman–Crippen LogP) is 2.20. The lowest BCUT2D eigenvalue weighted by Crippen LogP contribution is -2.00. The van der Waals surface area contributed by atoms with E-state index in [1.807, 2.05) is 25.7 Å². The van der Waals surface area contributed by atoms with E-state index in [0.29, 0.717) is 6.54 Å². The summed E-state index contributed by atoms with van der Waals surface area (Å²) >= 11 is 0. The second-order valence-corrected chi connectivity index (χ2v) is 4.39. The Morgan fingerprint density at radius 1 is 1.46 bits per heavy atom. The third-order valence-corrected chi connectivity index (χ3v) is 1.59. The molecule has 0 aromatic carbocycles. The Hall–Kier alpha value is -0.810. The molecule has 0 N–H and O–H groups in total. The van der Waals surface area contributed by atoms with E-state index in [9.17, 15) is 4.39 Å². The number of hydrogen-bond donors (Lipinski definition) is 0. The van der Waals surface area contributed by atoms with Crippen molar-refractivity contribution < 1.29 is 4.39 Å². The van der Waals surface area contributed by atoms with Crippen molar-refractivity contribution in [2.45, 2.75) is 20.8 Å². The van der Waals surface area contributed by atoms with Crippen LogP contribution in [0.15, 0.2) is 11.9 Å². The van der Waals surface area contributed by atoms with Crippen molar-refractivity contribution in [3.63, 3.8) is 0 Å². The van der Waals surface area contributed by atoms with Crippen LogP contribution < -0.4 is 0 Å². The number of allylic oxidation sites excluding steroid dienone is 1. The van der Waals surface area contributed by atoms with Crippen LogP contribution in [0.25, 0.3) is 0 Å². The Bertz CT molecular complexity index is 258. The molecule has 0 atom stereocenters. The van der Waals surface area contributed by atoms with E-state index in [4.69, 9.17) is 0 Å². The zero-order valence-corrected chi connectivity index (χ0v) is 8.52. The molecule has 0 aromatic heterocycles. The van der Waals surface area contributed by atoms with Gasteiger partial charge in [0, 0.05) is 24.6 Å². The van der Waals surface area contributed by atoms with Gasteiger partial charge in [0.2, 0.25) is 0 Å². The maximum atomic E-state index is 13.0.